The largest absolute Gasteiger partial charge is 0.494 e. The summed E-state index contributed by atoms with van der Waals surface area (Å²) in [5.41, 5.74) is 7.21. The van der Waals surface area contributed by atoms with Gasteiger partial charge in [-0.05, 0) is 30.5 Å². The van der Waals surface area contributed by atoms with Gasteiger partial charge in [-0.25, -0.2) is 0 Å². The number of carboxylic acids is 1. The highest BCUT2D eigenvalue weighted by Gasteiger charge is 2.09. The second-order valence-corrected chi connectivity index (χ2v) is 3.66. The van der Waals surface area contributed by atoms with Gasteiger partial charge in [0.15, 0.2) is 0 Å². The summed E-state index contributed by atoms with van der Waals surface area (Å²) in [5, 5.41) is 8.57. The molecule has 5 heteroatoms. The second kappa shape index (κ2) is 5.98. The number of nitrogen functional groups attached to an aromatic ring is 1. The number of ether oxygens (including phenoxy) is 2. The van der Waals surface area contributed by atoms with Crippen LogP contribution < -0.4 is 15.2 Å². The number of methoxy groups -OCH3 is 2. The Bertz CT molecular complexity index is 378. The van der Waals surface area contributed by atoms with Crippen molar-refractivity contribution in [1.29, 1.82) is 0 Å². The van der Waals surface area contributed by atoms with Gasteiger partial charge in [0, 0.05) is 6.42 Å². The van der Waals surface area contributed by atoms with Crippen molar-refractivity contribution in [3.63, 3.8) is 0 Å². The summed E-state index contributed by atoms with van der Waals surface area (Å²) in [5.74, 6) is 0.309. The Hall–Kier alpha value is -1.91. The van der Waals surface area contributed by atoms with E-state index in [9.17, 15) is 4.79 Å². The number of hydrogen-bond donors (Lipinski definition) is 2. The molecule has 0 bridgehead atoms. The molecule has 0 saturated heterocycles. The molecule has 1 aromatic carbocycles. The van der Waals surface area contributed by atoms with E-state index in [1.54, 1.807) is 12.1 Å². The van der Waals surface area contributed by atoms with Gasteiger partial charge in [-0.1, -0.05) is 0 Å². The maximum absolute atomic E-state index is 10.4. The summed E-state index contributed by atoms with van der Waals surface area (Å²) in [6, 6.07) is 3.61. The van der Waals surface area contributed by atoms with Gasteiger partial charge in [-0.2, -0.15) is 0 Å². The van der Waals surface area contributed by atoms with Crippen LogP contribution >= 0.6 is 0 Å². The minimum atomic E-state index is -0.792. The van der Waals surface area contributed by atoms with E-state index >= 15 is 0 Å². The van der Waals surface area contributed by atoms with Crippen LogP contribution in [0.3, 0.4) is 0 Å². The molecule has 1 rings (SSSR count). The maximum atomic E-state index is 10.4. The number of nitrogens with two attached hydrogens (primary N) is 1. The molecule has 0 amide bonds. The number of carboxylic acid groups (broad SMARTS) is 1. The third-order valence-corrected chi connectivity index (χ3v) is 2.46. The van der Waals surface area contributed by atoms with Crippen LogP contribution in [0.1, 0.15) is 18.4 Å². The minimum Gasteiger partial charge on any atom is -0.494 e. The predicted octanol–water partition coefficient (Wildman–Crippen LogP) is 1.69. The summed E-state index contributed by atoms with van der Waals surface area (Å²) in [6.45, 7) is 0. The Labute approximate surface area is 100 Å². The molecule has 17 heavy (non-hydrogen) atoms. The molecule has 0 aromatic heterocycles. The zero-order chi connectivity index (χ0) is 12.8. The molecule has 0 heterocycles. The monoisotopic (exact) mass is 239 g/mol. The number of rotatable bonds is 6. The molecule has 0 spiro atoms. The molecule has 0 unspecified atom stereocenters. The van der Waals surface area contributed by atoms with E-state index in [1.165, 1.54) is 14.2 Å². The molecule has 0 aliphatic carbocycles. The molecular weight excluding hydrogens is 222 g/mol. The lowest BCUT2D eigenvalue weighted by Crippen LogP contribution is -2.00. The standard InChI is InChI=1S/C12H17NO4/c1-16-9-6-8(4-3-5-11(14)15)7-10(17-2)12(9)13/h6-7H,3-5,13H2,1-2H3,(H,14,15). The van der Waals surface area contributed by atoms with Gasteiger partial charge in [0.2, 0.25) is 0 Å². The second-order valence-electron chi connectivity index (χ2n) is 3.66. The lowest BCUT2D eigenvalue weighted by molar-refractivity contribution is -0.137. The van der Waals surface area contributed by atoms with Crippen LogP contribution in [0.5, 0.6) is 11.5 Å². The molecule has 0 fully saturated rings. The Morgan fingerprint density at radius 2 is 1.82 bits per heavy atom. The fourth-order valence-corrected chi connectivity index (χ4v) is 1.58. The van der Waals surface area contributed by atoms with Crippen LogP contribution in [-0.2, 0) is 11.2 Å². The van der Waals surface area contributed by atoms with Gasteiger partial charge < -0.3 is 20.3 Å². The predicted molar refractivity (Wildman–Crippen MR) is 64.5 cm³/mol. The molecule has 0 radical (unpaired) electrons. The number of anilines is 1. The lowest BCUT2D eigenvalue weighted by atomic mass is 10.1. The third kappa shape index (κ3) is 3.55. The molecule has 94 valence electrons. The highest BCUT2D eigenvalue weighted by Crippen LogP contribution is 2.33. The lowest BCUT2D eigenvalue weighted by Gasteiger charge is -2.11. The van der Waals surface area contributed by atoms with Crippen molar-refractivity contribution in [2.45, 2.75) is 19.3 Å². The quantitative estimate of drug-likeness (QED) is 0.738. The molecule has 0 aliphatic heterocycles. The average Bonchev–Trinajstić information content (AvgIpc) is 2.30. The smallest absolute Gasteiger partial charge is 0.303 e. The van der Waals surface area contributed by atoms with Crippen molar-refractivity contribution in [3.8, 4) is 11.5 Å². The van der Waals surface area contributed by atoms with Gasteiger partial charge in [0.1, 0.15) is 17.2 Å². The van der Waals surface area contributed by atoms with Crippen molar-refractivity contribution in [1.82, 2.24) is 0 Å². The molecule has 0 aliphatic rings. The molecule has 0 saturated carbocycles. The zero-order valence-corrected chi connectivity index (χ0v) is 10.0. The van der Waals surface area contributed by atoms with Crippen molar-refractivity contribution >= 4 is 11.7 Å². The van der Waals surface area contributed by atoms with Crippen LogP contribution in [0.15, 0.2) is 12.1 Å². The third-order valence-electron chi connectivity index (χ3n) is 2.46. The number of hydrogen-bond acceptors (Lipinski definition) is 4. The topological polar surface area (TPSA) is 81.8 Å². The molecular formula is C12H17NO4. The molecule has 1 aromatic rings. The first kappa shape index (κ1) is 13.2. The van der Waals surface area contributed by atoms with Gasteiger partial charge in [-0.3, -0.25) is 4.79 Å². The zero-order valence-electron chi connectivity index (χ0n) is 10.0. The average molecular weight is 239 g/mol. The summed E-state index contributed by atoms with van der Waals surface area (Å²) in [6.07, 6.45) is 1.37. The highest BCUT2D eigenvalue weighted by atomic mass is 16.5. The Kier molecular flexibility index (Phi) is 4.63. The van der Waals surface area contributed by atoms with Crippen LogP contribution in [0, 0.1) is 0 Å². The van der Waals surface area contributed by atoms with Gasteiger partial charge >= 0.3 is 5.97 Å². The molecule has 3 N–H and O–H groups in total. The first-order valence-electron chi connectivity index (χ1n) is 5.30. The van der Waals surface area contributed by atoms with E-state index in [4.69, 9.17) is 20.3 Å². The summed E-state index contributed by atoms with van der Waals surface area (Å²) in [4.78, 5) is 10.4. The van der Waals surface area contributed by atoms with E-state index in [0.717, 1.165) is 5.56 Å². The summed E-state index contributed by atoms with van der Waals surface area (Å²) >= 11 is 0. The fourth-order valence-electron chi connectivity index (χ4n) is 1.58. The van der Waals surface area contributed by atoms with Gasteiger partial charge in [0.05, 0.1) is 14.2 Å². The van der Waals surface area contributed by atoms with E-state index < -0.39 is 5.97 Å². The number of carbonyl (C=O) groups is 1. The van der Waals surface area contributed by atoms with Crippen LogP contribution in [0.2, 0.25) is 0 Å². The fraction of sp³-hybridized carbons (Fsp3) is 0.417. The summed E-state index contributed by atoms with van der Waals surface area (Å²) < 4.78 is 10.3. The van der Waals surface area contributed by atoms with E-state index in [1.807, 2.05) is 0 Å². The first-order chi connectivity index (χ1) is 8.08. The Balaban J connectivity index is 2.82. The highest BCUT2D eigenvalue weighted by molar-refractivity contribution is 5.67. The van der Waals surface area contributed by atoms with E-state index in [2.05, 4.69) is 0 Å². The maximum Gasteiger partial charge on any atom is 0.303 e. The van der Waals surface area contributed by atoms with Crippen LogP contribution in [-0.4, -0.2) is 25.3 Å². The SMILES string of the molecule is COc1cc(CCCC(=O)O)cc(OC)c1N. The molecule has 5 nitrogen and oxygen atoms in total. The Morgan fingerprint density at radius 1 is 1.29 bits per heavy atom. The molecule has 0 atom stereocenters. The Morgan fingerprint density at radius 3 is 2.24 bits per heavy atom. The van der Waals surface area contributed by atoms with E-state index in [-0.39, 0.29) is 6.42 Å². The minimum absolute atomic E-state index is 0.148. The van der Waals surface area contributed by atoms with Gasteiger partial charge in [-0.15, -0.1) is 0 Å². The van der Waals surface area contributed by atoms with Crippen molar-refractivity contribution < 1.29 is 19.4 Å². The van der Waals surface area contributed by atoms with E-state index in [0.29, 0.717) is 30.0 Å². The van der Waals surface area contributed by atoms with Crippen LogP contribution in [0.4, 0.5) is 5.69 Å². The normalized spacial score (nSPS) is 10.0. The number of aryl methyl sites for hydroxylation is 1. The summed E-state index contributed by atoms with van der Waals surface area (Å²) in [7, 11) is 3.07. The van der Waals surface area contributed by atoms with Crippen LogP contribution in [0.25, 0.3) is 0 Å². The number of benzene rings is 1. The first-order valence-corrected chi connectivity index (χ1v) is 5.30. The number of aliphatic carboxylic acids is 1. The van der Waals surface area contributed by atoms with Crippen molar-refractivity contribution in [2.75, 3.05) is 20.0 Å². The van der Waals surface area contributed by atoms with Crippen molar-refractivity contribution in [2.24, 2.45) is 0 Å². The van der Waals surface area contributed by atoms with Gasteiger partial charge in [0.25, 0.3) is 0 Å². The van der Waals surface area contributed by atoms with Crippen molar-refractivity contribution in [3.05, 3.63) is 17.7 Å².